The number of hydrogen-bond donors (Lipinski definition) is 2. The number of benzene rings is 3. The Bertz CT molecular complexity index is 1480. The van der Waals surface area contributed by atoms with Gasteiger partial charge in [0.05, 0.1) is 38.6 Å². The van der Waals surface area contributed by atoms with Crippen LogP contribution in [0.3, 0.4) is 0 Å². The molecule has 2 heterocycles. The zero-order chi connectivity index (χ0) is 28.8. The molecule has 1 aromatic heterocycles. The maximum Gasteiger partial charge on any atom is 0.241 e. The molecule has 4 aromatic rings. The average molecular weight is 555 g/mol. The normalized spacial score (nSPS) is 17.5. The highest BCUT2D eigenvalue weighted by Gasteiger charge is 2.40. The van der Waals surface area contributed by atoms with E-state index in [1.165, 1.54) is 0 Å². The van der Waals surface area contributed by atoms with Crippen LogP contribution in [0.2, 0.25) is 0 Å². The van der Waals surface area contributed by atoms with Crippen LogP contribution in [0.1, 0.15) is 37.1 Å². The molecule has 1 saturated heterocycles. The minimum absolute atomic E-state index is 0.0901. The van der Waals surface area contributed by atoms with Gasteiger partial charge in [0.2, 0.25) is 5.91 Å². The SMILES string of the molecule is COc1cc(NC(C)CCCN2C(=O)[C@H](Cc3ccccc3)NC2c2cccc(OC)c2OC)c2ncccc2c1. The number of pyridine rings is 1. The summed E-state index contributed by atoms with van der Waals surface area (Å²) >= 11 is 0. The van der Waals surface area contributed by atoms with Gasteiger partial charge in [-0.1, -0.05) is 48.5 Å². The van der Waals surface area contributed by atoms with Gasteiger partial charge in [0.1, 0.15) is 11.9 Å². The van der Waals surface area contributed by atoms with E-state index in [-0.39, 0.29) is 24.2 Å². The number of nitrogens with one attached hydrogen (secondary N) is 2. The Kier molecular flexibility index (Phi) is 8.89. The lowest BCUT2D eigenvalue weighted by Gasteiger charge is -2.27. The first-order chi connectivity index (χ1) is 20.0. The van der Waals surface area contributed by atoms with Crippen molar-refractivity contribution in [1.82, 2.24) is 15.2 Å². The summed E-state index contributed by atoms with van der Waals surface area (Å²) in [6.45, 7) is 2.75. The maximum absolute atomic E-state index is 13.8. The van der Waals surface area contributed by atoms with Gasteiger partial charge >= 0.3 is 0 Å². The smallest absolute Gasteiger partial charge is 0.241 e. The number of hydrogen-bond acceptors (Lipinski definition) is 7. The largest absolute Gasteiger partial charge is 0.497 e. The van der Waals surface area contributed by atoms with E-state index in [2.05, 4.69) is 34.7 Å². The molecule has 0 saturated carbocycles. The third kappa shape index (κ3) is 6.23. The number of fused-ring (bicyclic) bond motifs is 1. The molecule has 0 radical (unpaired) electrons. The lowest BCUT2D eigenvalue weighted by Crippen LogP contribution is -2.33. The number of methoxy groups -OCH3 is 3. The zero-order valence-electron chi connectivity index (χ0n) is 24.1. The second-order valence-electron chi connectivity index (χ2n) is 10.4. The van der Waals surface area contributed by atoms with Crippen LogP contribution >= 0.6 is 0 Å². The molecule has 0 spiro atoms. The number of carbonyl (C=O) groups excluding carboxylic acids is 1. The number of nitrogens with zero attached hydrogens (tertiary/aromatic N) is 2. The van der Waals surface area contributed by atoms with Gasteiger partial charge in [-0.15, -0.1) is 0 Å². The van der Waals surface area contributed by atoms with Gasteiger partial charge < -0.3 is 24.4 Å². The van der Waals surface area contributed by atoms with E-state index in [0.717, 1.165) is 46.3 Å². The summed E-state index contributed by atoms with van der Waals surface area (Å²) in [5.41, 5.74) is 3.85. The van der Waals surface area contributed by atoms with E-state index < -0.39 is 0 Å². The summed E-state index contributed by atoms with van der Waals surface area (Å²) in [6.07, 6.45) is 3.77. The van der Waals surface area contributed by atoms with E-state index in [1.54, 1.807) is 27.5 Å². The van der Waals surface area contributed by atoms with E-state index >= 15 is 0 Å². The van der Waals surface area contributed by atoms with E-state index in [9.17, 15) is 4.79 Å². The van der Waals surface area contributed by atoms with Crippen molar-refractivity contribution in [2.75, 3.05) is 33.2 Å². The molecule has 0 aliphatic carbocycles. The fourth-order valence-electron chi connectivity index (χ4n) is 5.60. The van der Waals surface area contributed by atoms with Gasteiger partial charge in [-0.3, -0.25) is 15.1 Å². The summed E-state index contributed by atoms with van der Waals surface area (Å²) in [5, 5.41) is 8.23. The van der Waals surface area contributed by atoms with Crippen LogP contribution in [0.15, 0.2) is 79.0 Å². The zero-order valence-corrected chi connectivity index (χ0v) is 24.1. The van der Waals surface area contributed by atoms with E-state index in [1.807, 2.05) is 65.6 Å². The number of amides is 1. The van der Waals surface area contributed by atoms with E-state index in [0.29, 0.717) is 24.5 Å². The van der Waals surface area contributed by atoms with Crippen molar-refractivity contribution >= 4 is 22.5 Å². The third-order valence-corrected chi connectivity index (χ3v) is 7.61. The van der Waals surface area contributed by atoms with Crippen LogP contribution in [-0.2, 0) is 11.2 Å². The highest BCUT2D eigenvalue weighted by molar-refractivity contribution is 5.92. The second kappa shape index (κ2) is 12.9. The van der Waals surface area contributed by atoms with Crippen LogP contribution in [0.5, 0.6) is 17.2 Å². The molecule has 8 nitrogen and oxygen atoms in total. The van der Waals surface area contributed by atoms with Crippen LogP contribution in [0.4, 0.5) is 5.69 Å². The molecule has 3 atom stereocenters. The monoisotopic (exact) mass is 554 g/mol. The van der Waals surface area contributed by atoms with Crippen LogP contribution < -0.4 is 24.8 Å². The van der Waals surface area contributed by atoms with Crippen LogP contribution in [0, 0.1) is 0 Å². The van der Waals surface area contributed by atoms with Crippen molar-refractivity contribution in [1.29, 1.82) is 0 Å². The fraction of sp³-hybridized carbons (Fsp3) is 0.333. The van der Waals surface area contributed by atoms with Crippen molar-refractivity contribution in [2.45, 2.75) is 44.4 Å². The Hall–Kier alpha value is -4.30. The van der Waals surface area contributed by atoms with E-state index in [4.69, 9.17) is 14.2 Å². The van der Waals surface area contributed by atoms with Gasteiger partial charge in [-0.05, 0) is 49.9 Å². The van der Waals surface area contributed by atoms with Gasteiger partial charge in [-0.25, -0.2) is 0 Å². The quantitative estimate of drug-likeness (QED) is 0.236. The van der Waals surface area contributed by atoms with Gasteiger partial charge in [0, 0.05) is 35.8 Å². The van der Waals surface area contributed by atoms with Crippen molar-refractivity contribution in [3.63, 3.8) is 0 Å². The average Bonchev–Trinajstić information content (AvgIpc) is 3.31. The number of rotatable bonds is 12. The highest BCUT2D eigenvalue weighted by Crippen LogP contribution is 2.38. The summed E-state index contributed by atoms with van der Waals surface area (Å²) in [6, 6.07) is 23.7. The Morgan fingerprint density at radius 1 is 0.976 bits per heavy atom. The lowest BCUT2D eigenvalue weighted by molar-refractivity contribution is -0.130. The molecule has 1 fully saturated rings. The van der Waals surface area contributed by atoms with Crippen molar-refractivity contribution in [3.8, 4) is 17.2 Å². The minimum Gasteiger partial charge on any atom is -0.497 e. The molecule has 2 unspecified atom stereocenters. The Labute approximate surface area is 241 Å². The highest BCUT2D eigenvalue weighted by atomic mass is 16.5. The van der Waals surface area contributed by atoms with Crippen LogP contribution in [0.25, 0.3) is 10.9 Å². The molecule has 2 N–H and O–H groups in total. The maximum atomic E-state index is 13.8. The summed E-state index contributed by atoms with van der Waals surface area (Å²) in [4.78, 5) is 20.3. The number of para-hydroxylation sites is 1. The van der Waals surface area contributed by atoms with Gasteiger partial charge in [0.15, 0.2) is 11.5 Å². The molecular weight excluding hydrogens is 516 g/mol. The Morgan fingerprint density at radius 2 is 1.80 bits per heavy atom. The second-order valence-corrected chi connectivity index (χ2v) is 10.4. The van der Waals surface area contributed by atoms with Gasteiger partial charge in [0.25, 0.3) is 0 Å². The molecule has 214 valence electrons. The molecule has 1 aliphatic rings. The van der Waals surface area contributed by atoms with Crippen molar-refractivity contribution in [2.24, 2.45) is 0 Å². The fourth-order valence-corrected chi connectivity index (χ4v) is 5.60. The molecule has 1 amide bonds. The minimum atomic E-state index is -0.330. The molecule has 0 bridgehead atoms. The number of ether oxygens (including phenoxy) is 3. The number of aromatic nitrogens is 1. The predicted octanol–water partition coefficient (Wildman–Crippen LogP) is 5.58. The molecule has 5 rings (SSSR count). The molecular formula is C33H38N4O4. The summed E-state index contributed by atoms with van der Waals surface area (Å²) in [7, 11) is 4.93. The molecule has 1 aliphatic heterocycles. The van der Waals surface area contributed by atoms with Crippen LogP contribution in [-0.4, -0.2) is 55.7 Å². The standard InChI is InChI=1S/C33H38N4O4/c1-22(35-27-21-25(39-2)20-24-14-9-17-34-30(24)27)11-10-18-37-32(26-15-8-16-29(40-3)31(26)41-4)36-28(33(37)38)19-23-12-6-5-7-13-23/h5-9,12-17,20-22,28,32,35-36H,10-11,18-19H2,1-4H3/t22?,28-,32?/m0/s1. The third-order valence-electron chi connectivity index (χ3n) is 7.61. The first-order valence-electron chi connectivity index (χ1n) is 14.0. The number of anilines is 1. The molecule has 3 aromatic carbocycles. The predicted molar refractivity (Wildman–Crippen MR) is 162 cm³/mol. The van der Waals surface area contributed by atoms with Crippen molar-refractivity contribution < 1.29 is 19.0 Å². The summed E-state index contributed by atoms with van der Waals surface area (Å²) in [5.74, 6) is 2.15. The first kappa shape index (κ1) is 28.2. The Balaban J connectivity index is 1.32. The van der Waals surface area contributed by atoms with Crippen molar-refractivity contribution in [3.05, 3.63) is 90.1 Å². The molecule has 8 heteroatoms. The topological polar surface area (TPSA) is 85.0 Å². The lowest BCUT2D eigenvalue weighted by atomic mass is 10.1. The first-order valence-corrected chi connectivity index (χ1v) is 14.0. The summed E-state index contributed by atoms with van der Waals surface area (Å²) < 4.78 is 16.8. The number of carbonyl (C=O) groups is 1. The molecule has 41 heavy (non-hydrogen) atoms. The van der Waals surface area contributed by atoms with Gasteiger partial charge in [-0.2, -0.15) is 0 Å². The Morgan fingerprint density at radius 3 is 2.56 bits per heavy atom.